The van der Waals surface area contributed by atoms with Gasteiger partial charge in [0.1, 0.15) is 23.5 Å². The Hall–Kier alpha value is -3.77. The average Bonchev–Trinajstić information content (AvgIpc) is 2.80. The van der Waals surface area contributed by atoms with Gasteiger partial charge in [0.25, 0.3) is 0 Å². The van der Waals surface area contributed by atoms with Crippen LogP contribution in [0.1, 0.15) is 16.7 Å². The molecule has 34 heavy (non-hydrogen) atoms. The van der Waals surface area contributed by atoms with E-state index in [0.29, 0.717) is 17.0 Å². The number of aryl methyl sites for hydroxylation is 1. The first-order valence-corrected chi connectivity index (χ1v) is 11.1. The van der Waals surface area contributed by atoms with Crippen molar-refractivity contribution in [2.45, 2.75) is 18.1 Å². The monoisotopic (exact) mass is 483 g/mol. The number of thioether (sulfide) groups is 1. The van der Waals surface area contributed by atoms with E-state index in [0.717, 1.165) is 23.4 Å². The summed E-state index contributed by atoms with van der Waals surface area (Å²) in [5.74, 6) is -0.121. The Kier molecular flexibility index (Phi) is 7.97. The van der Waals surface area contributed by atoms with E-state index in [9.17, 15) is 23.2 Å². The molecule has 0 atom stereocenters. The van der Waals surface area contributed by atoms with E-state index in [1.807, 2.05) is 13.0 Å². The minimum Gasteiger partial charge on any atom is -0.490 e. The van der Waals surface area contributed by atoms with Crippen LogP contribution in [-0.4, -0.2) is 23.3 Å². The molecular formula is C25H20F3N3O2S. The fraction of sp³-hybridized carbons (Fsp3) is 0.160. The number of alkyl halides is 3. The van der Waals surface area contributed by atoms with Gasteiger partial charge in [0.05, 0.1) is 22.6 Å². The Labute approximate surface area is 199 Å². The number of halogens is 3. The second-order valence-corrected chi connectivity index (χ2v) is 8.14. The fourth-order valence-corrected chi connectivity index (χ4v) is 3.84. The summed E-state index contributed by atoms with van der Waals surface area (Å²) in [4.78, 5) is 16.6. The molecule has 3 aromatic rings. The molecule has 0 aliphatic rings. The van der Waals surface area contributed by atoms with Gasteiger partial charge in [0.2, 0.25) is 5.91 Å². The number of nitriles is 1. The molecular weight excluding hydrogens is 463 g/mol. The highest BCUT2D eigenvalue weighted by molar-refractivity contribution is 8.00. The van der Waals surface area contributed by atoms with Crippen LogP contribution in [0.4, 0.5) is 18.9 Å². The minimum absolute atomic E-state index is 0.0307. The van der Waals surface area contributed by atoms with Crippen LogP contribution in [0.5, 0.6) is 5.75 Å². The molecule has 174 valence electrons. The summed E-state index contributed by atoms with van der Waals surface area (Å²) in [7, 11) is 0. The Morgan fingerprint density at radius 2 is 1.97 bits per heavy atom. The van der Waals surface area contributed by atoms with Crippen molar-refractivity contribution >= 4 is 23.4 Å². The Balaban J connectivity index is 1.90. The zero-order chi connectivity index (χ0) is 24.7. The molecule has 9 heteroatoms. The van der Waals surface area contributed by atoms with Crippen LogP contribution in [0.3, 0.4) is 0 Å². The van der Waals surface area contributed by atoms with Crippen molar-refractivity contribution in [2.24, 2.45) is 0 Å². The number of ether oxygens (including phenoxy) is 1. The van der Waals surface area contributed by atoms with Gasteiger partial charge in [0.15, 0.2) is 0 Å². The molecule has 0 bridgehead atoms. The van der Waals surface area contributed by atoms with Crippen LogP contribution < -0.4 is 10.1 Å². The van der Waals surface area contributed by atoms with Crippen LogP contribution in [-0.2, 0) is 11.0 Å². The minimum atomic E-state index is -4.77. The third-order valence-electron chi connectivity index (χ3n) is 4.56. The van der Waals surface area contributed by atoms with Crippen molar-refractivity contribution in [1.82, 2.24) is 4.98 Å². The molecule has 1 heterocycles. The Morgan fingerprint density at radius 3 is 2.59 bits per heavy atom. The molecule has 0 radical (unpaired) electrons. The van der Waals surface area contributed by atoms with Crippen molar-refractivity contribution in [2.75, 3.05) is 17.7 Å². The van der Waals surface area contributed by atoms with Gasteiger partial charge in [-0.15, -0.1) is 0 Å². The van der Waals surface area contributed by atoms with E-state index >= 15 is 0 Å². The number of hydrogen-bond acceptors (Lipinski definition) is 5. The SMILES string of the molecule is C=CCOc1ccc(-c2cc(C(F)(F)F)c(C#N)c(SCC(=O)Nc3cccc(C)c3)n2)cc1. The lowest BCUT2D eigenvalue weighted by molar-refractivity contribution is -0.138. The number of pyridine rings is 1. The third kappa shape index (κ3) is 6.39. The average molecular weight is 484 g/mol. The van der Waals surface area contributed by atoms with Gasteiger partial charge < -0.3 is 10.1 Å². The molecule has 1 amide bonds. The van der Waals surface area contributed by atoms with E-state index in [4.69, 9.17) is 4.74 Å². The fourth-order valence-electron chi connectivity index (χ4n) is 3.04. The first kappa shape index (κ1) is 24.9. The number of carbonyl (C=O) groups is 1. The van der Waals surface area contributed by atoms with E-state index in [1.165, 1.54) is 0 Å². The van der Waals surface area contributed by atoms with Crippen molar-refractivity contribution in [1.29, 1.82) is 5.26 Å². The molecule has 0 unspecified atom stereocenters. The number of nitrogens with zero attached hydrogens (tertiary/aromatic N) is 2. The topological polar surface area (TPSA) is 75.0 Å². The van der Waals surface area contributed by atoms with Gasteiger partial charge in [-0.2, -0.15) is 18.4 Å². The van der Waals surface area contributed by atoms with Crippen molar-refractivity contribution in [3.8, 4) is 23.1 Å². The molecule has 1 N–H and O–H groups in total. The van der Waals surface area contributed by atoms with E-state index in [-0.39, 0.29) is 23.1 Å². The third-order valence-corrected chi connectivity index (χ3v) is 5.54. The zero-order valence-electron chi connectivity index (χ0n) is 18.1. The van der Waals surface area contributed by atoms with Crippen LogP contribution in [0, 0.1) is 18.3 Å². The van der Waals surface area contributed by atoms with E-state index in [2.05, 4.69) is 16.9 Å². The molecule has 0 fully saturated rings. The van der Waals surface area contributed by atoms with Crippen LogP contribution >= 0.6 is 11.8 Å². The number of carbonyl (C=O) groups excluding carboxylic acids is 1. The predicted octanol–water partition coefficient (Wildman–Crippen LogP) is 6.24. The molecule has 0 aliphatic carbocycles. The summed E-state index contributed by atoms with van der Waals surface area (Å²) in [6.07, 6.45) is -3.20. The smallest absolute Gasteiger partial charge is 0.417 e. The van der Waals surface area contributed by atoms with Gasteiger partial charge >= 0.3 is 6.18 Å². The summed E-state index contributed by atoms with van der Waals surface area (Å²) < 4.78 is 46.6. The second-order valence-electron chi connectivity index (χ2n) is 7.18. The molecule has 0 saturated heterocycles. The summed E-state index contributed by atoms with van der Waals surface area (Å²) in [6.45, 7) is 5.72. The van der Waals surface area contributed by atoms with Gasteiger partial charge in [-0.1, -0.05) is 36.5 Å². The largest absolute Gasteiger partial charge is 0.490 e. The molecule has 3 rings (SSSR count). The molecule has 5 nitrogen and oxygen atoms in total. The first-order chi connectivity index (χ1) is 16.2. The number of aromatic nitrogens is 1. The lowest BCUT2D eigenvalue weighted by Crippen LogP contribution is -2.15. The lowest BCUT2D eigenvalue weighted by Gasteiger charge is -2.14. The standard InChI is InChI=1S/C25H20F3N3O2S/c1-3-11-33-19-9-7-17(8-10-19)22-13-21(25(26,27)28)20(14-29)24(31-22)34-15-23(32)30-18-6-4-5-16(2)12-18/h3-10,12-13H,1,11,15H2,2H3,(H,30,32). The number of benzene rings is 2. The highest BCUT2D eigenvalue weighted by Gasteiger charge is 2.36. The Morgan fingerprint density at radius 1 is 1.24 bits per heavy atom. The summed E-state index contributed by atoms with van der Waals surface area (Å²) in [6, 6.07) is 15.9. The number of hydrogen-bond donors (Lipinski definition) is 1. The highest BCUT2D eigenvalue weighted by atomic mass is 32.2. The number of amides is 1. The number of nitrogens with one attached hydrogen (secondary N) is 1. The van der Waals surface area contributed by atoms with Crippen molar-refractivity contribution < 1.29 is 22.7 Å². The normalized spacial score (nSPS) is 10.9. The summed E-state index contributed by atoms with van der Waals surface area (Å²) in [5, 5.41) is 12.0. The summed E-state index contributed by atoms with van der Waals surface area (Å²) in [5.41, 5.74) is 0.240. The predicted molar refractivity (Wildman–Crippen MR) is 126 cm³/mol. The quantitative estimate of drug-likeness (QED) is 0.303. The molecule has 0 aliphatic heterocycles. The summed E-state index contributed by atoms with van der Waals surface area (Å²) >= 11 is 0.775. The molecule has 0 saturated carbocycles. The van der Waals surface area contributed by atoms with E-state index in [1.54, 1.807) is 54.6 Å². The number of rotatable bonds is 8. The van der Waals surface area contributed by atoms with Gasteiger partial charge in [-0.25, -0.2) is 4.98 Å². The van der Waals surface area contributed by atoms with Crippen LogP contribution in [0.15, 0.2) is 72.3 Å². The lowest BCUT2D eigenvalue weighted by atomic mass is 10.1. The maximum Gasteiger partial charge on any atom is 0.417 e. The maximum atomic E-state index is 13.7. The molecule has 2 aromatic carbocycles. The molecule has 0 spiro atoms. The zero-order valence-corrected chi connectivity index (χ0v) is 19.0. The van der Waals surface area contributed by atoms with Crippen molar-refractivity contribution in [3.63, 3.8) is 0 Å². The van der Waals surface area contributed by atoms with Gasteiger partial charge in [0, 0.05) is 11.3 Å². The number of anilines is 1. The Bertz CT molecular complexity index is 1240. The van der Waals surface area contributed by atoms with Crippen molar-refractivity contribution in [3.05, 3.63) is 83.9 Å². The van der Waals surface area contributed by atoms with Crippen LogP contribution in [0.25, 0.3) is 11.3 Å². The maximum absolute atomic E-state index is 13.7. The van der Waals surface area contributed by atoms with Crippen LogP contribution in [0.2, 0.25) is 0 Å². The van der Waals surface area contributed by atoms with Gasteiger partial charge in [-0.3, -0.25) is 4.79 Å². The first-order valence-electron chi connectivity index (χ1n) is 10.1. The highest BCUT2D eigenvalue weighted by Crippen LogP contribution is 2.38. The van der Waals surface area contributed by atoms with E-state index < -0.39 is 23.2 Å². The van der Waals surface area contributed by atoms with Gasteiger partial charge in [-0.05, 0) is 55.0 Å². The second kappa shape index (κ2) is 10.9. The molecule has 1 aromatic heterocycles.